The van der Waals surface area contributed by atoms with Crippen molar-refractivity contribution in [2.24, 2.45) is 7.05 Å². The van der Waals surface area contributed by atoms with E-state index in [0.29, 0.717) is 0 Å². The number of allylic oxidation sites excluding steroid dienone is 1. The normalized spacial score (nSPS) is 19.3. The van der Waals surface area contributed by atoms with E-state index >= 15 is 0 Å². The minimum Gasteiger partial charge on any atom is -0.196 e. The molecule has 3 heterocycles. The van der Waals surface area contributed by atoms with E-state index < -0.39 is 0 Å². The Bertz CT molecular complexity index is 1320. The van der Waals surface area contributed by atoms with Crippen molar-refractivity contribution < 1.29 is 13.7 Å². The summed E-state index contributed by atoms with van der Waals surface area (Å²) in [6.45, 7) is 12.5. The second kappa shape index (κ2) is 10.1. The van der Waals surface area contributed by atoms with Gasteiger partial charge in [0.05, 0.1) is 20.8 Å². The zero-order chi connectivity index (χ0) is 25.4. The standard InChI is InChI=1S/C30H36Br2N3/c1-7-18-35-22(3)25-11-9-10-12-26(25)29(4,5)30(35,8-2)17-19-34-21-24(32)14-16-28(34)27-15-13-23(31)20-33(27)6/h7,9-16,18,20-21H,8,17,19H2,1-6H3/q+3. The first-order valence-corrected chi connectivity index (χ1v) is 13.9. The third-order valence-corrected chi connectivity index (χ3v) is 8.91. The Morgan fingerprint density at radius 1 is 0.914 bits per heavy atom. The summed E-state index contributed by atoms with van der Waals surface area (Å²) in [4.78, 5) is 0. The molecular formula is C30H36Br2N3+3. The number of benzene rings is 1. The number of halogens is 2. The van der Waals surface area contributed by atoms with E-state index in [1.807, 2.05) is 0 Å². The summed E-state index contributed by atoms with van der Waals surface area (Å²) >= 11 is 7.33. The number of hydrogen-bond donors (Lipinski definition) is 0. The van der Waals surface area contributed by atoms with Gasteiger partial charge in [-0.2, -0.15) is 13.7 Å². The molecule has 1 atom stereocenters. The second-order valence-corrected chi connectivity index (χ2v) is 11.8. The van der Waals surface area contributed by atoms with Crippen molar-refractivity contribution in [2.75, 3.05) is 0 Å². The van der Waals surface area contributed by atoms with Gasteiger partial charge in [-0.3, -0.25) is 0 Å². The first-order valence-electron chi connectivity index (χ1n) is 12.4. The number of fused-ring (bicyclic) bond motifs is 1. The third-order valence-electron chi connectivity index (χ3n) is 7.97. The lowest BCUT2D eigenvalue weighted by molar-refractivity contribution is -0.712. The van der Waals surface area contributed by atoms with Crippen molar-refractivity contribution in [3.63, 3.8) is 0 Å². The van der Waals surface area contributed by atoms with Crippen molar-refractivity contribution >= 4 is 37.6 Å². The van der Waals surface area contributed by atoms with Crippen LogP contribution >= 0.6 is 31.9 Å². The lowest BCUT2D eigenvalue weighted by Crippen LogP contribution is -2.60. The van der Waals surface area contributed by atoms with Crippen LogP contribution in [0.25, 0.3) is 11.4 Å². The van der Waals surface area contributed by atoms with E-state index in [1.54, 1.807) is 0 Å². The Balaban J connectivity index is 1.84. The van der Waals surface area contributed by atoms with Gasteiger partial charge in [-0.05, 0) is 82.5 Å². The van der Waals surface area contributed by atoms with Crippen LogP contribution in [0.5, 0.6) is 0 Å². The molecule has 2 aromatic heterocycles. The summed E-state index contributed by atoms with van der Waals surface area (Å²) < 4.78 is 9.32. The number of pyridine rings is 2. The molecule has 1 aliphatic rings. The van der Waals surface area contributed by atoms with Crippen LogP contribution in [0.3, 0.4) is 0 Å². The van der Waals surface area contributed by atoms with Crippen molar-refractivity contribution in [3.05, 3.63) is 93.3 Å². The molecule has 1 aromatic carbocycles. The molecule has 3 nitrogen and oxygen atoms in total. The van der Waals surface area contributed by atoms with Gasteiger partial charge in [-0.25, -0.2) is 0 Å². The molecular weight excluding hydrogens is 562 g/mol. The summed E-state index contributed by atoms with van der Waals surface area (Å²) in [6.07, 6.45) is 10.9. The first kappa shape index (κ1) is 26.0. The van der Waals surface area contributed by atoms with Crippen molar-refractivity contribution in [1.29, 1.82) is 0 Å². The molecule has 0 bridgehead atoms. The average Bonchev–Trinajstić information content (AvgIpc) is 2.83. The zero-order valence-electron chi connectivity index (χ0n) is 21.6. The van der Waals surface area contributed by atoms with Gasteiger partial charge in [0, 0.05) is 31.0 Å². The largest absolute Gasteiger partial charge is 0.277 e. The Kier molecular flexibility index (Phi) is 7.49. The van der Waals surface area contributed by atoms with Gasteiger partial charge < -0.3 is 0 Å². The zero-order valence-corrected chi connectivity index (χ0v) is 24.8. The van der Waals surface area contributed by atoms with Gasteiger partial charge in [0.15, 0.2) is 36.4 Å². The Hall–Kier alpha value is -2.11. The van der Waals surface area contributed by atoms with Crippen molar-refractivity contribution in [3.8, 4) is 11.4 Å². The molecule has 0 N–H and O–H groups in total. The van der Waals surface area contributed by atoms with Crippen LogP contribution < -0.4 is 9.13 Å². The van der Waals surface area contributed by atoms with Crippen molar-refractivity contribution in [2.45, 2.75) is 65.0 Å². The number of aryl methyl sites for hydroxylation is 2. The van der Waals surface area contributed by atoms with E-state index in [-0.39, 0.29) is 11.0 Å². The van der Waals surface area contributed by atoms with Gasteiger partial charge in [0.25, 0.3) is 11.4 Å². The molecule has 182 valence electrons. The molecule has 0 spiro atoms. The third kappa shape index (κ3) is 4.46. The van der Waals surface area contributed by atoms with E-state index in [0.717, 1.165) is 28.3 Å². The maximum atomic E-state index is 3.72. The lowest BCUT2D eigenvalue weighted by Gasteiger charge is -2.46. The Labute approximate surface area is 227 Å². The summed E-state index contributed by atoms with van der Waals surface area (Å²) in [5.74, 6) is 0. The highest BCUT2D eigenvalue weighted by Gasteiger charge is 2.58. The van der Waals surface area contributed by atoms with E-state index in [2.05, 4.69) is 160 Å². The van der Waals surface area contributed by atoms with Gasteiger partial charge in [0.2, 0.25) is 0 Å². The molecule has 4 rings (SSSR count). The predicted octanol–water partition coefficient (Wildman–Crippen LogP) is 6.88. The van der Waals surface area contributed by atoms with Crippen LogP contribution in [-0.4, -0.2) is 15.8 Å². The fraction of sp³-hybridized carbons (Fsp3) is 0.367. The van der Waals surface area contributed by atoms with Crippen molar-refractivity contribution in [1.82, 2.24) is 0 Å². The summed E-state index contributed by atoms with van der Waals surface area (Å²) in [5.41, 5.74) is 6.43. The van der Waals surface area contributed by atoms with Gasteiger partial charge >= 0.3 is 0 Å². The summed E-state index contributed by atoms with van der Waals surface area (Å²) in [5, 5.41) is 0. The van der Waals surface area contributed by atoms with Crippen LogP contribution in [0.2, 0.25) is 0 Å². The Morgan fingerprint density at radius 3 is 2.23 bits per heavy atom. The summed E-state index contributed by atoms with van der Waals surface area (Å²) in [6, 6.07) is 17.6. The molecule has 3 aromatic rings. The predicted molar refractivity (Wildman–Crippen MR) is 151 cm³/mol. The molecule has 0 fully saturated rings. The van der Waals surface area contributed by atoms with Crippen LogP contribution in [0.4, 0.5) is 0 Å². The van der Waals surface area contributed by atoms with E-state index in [9.17, 15) is 0 Å². The first-order chi connectivity index (χ1) is 16.7. The number of aromatic nitrogens is 2. The van der Waals surface area contributed by atoms with E-state index in [4.69, 9.17) is 0 Å². The maximum absolute atomic E-state index is 3.72. The number of hydrogen-bond acceptors (Lipinski definition) is 0. The number of nitrogens with zero attached hydrogens (tertiary/aromatic N) is 3. The molecule has 0 aliphatic carbocycles. The monoisotopic (exact) mass is 596 g/mol. The molecule has 0 saturated carbocycles. The highest BCUT2D eigenvalue weighted by Crippen LogP contribution is 2.47. The molecule has 1 aliphatic heterocycles. The fourth-order valence-electron chi connectivity index (χ4n) is 6.05. The molecule has 0 amide bonds. The fourth-order valence-corrected chi connectivity index (χ4v) is 6.87. The topological polar surface area (TPSA) is 10.8 Å². The SMILES string of the molecule is CC=C[N+]1=C(C)c2ccccc2C(C)(C)C1(CC)CC[n+]1cc(Br)ccc1-c1ccc(Br)c[n+]1C. The second-order valence-electron chi connectivity index (χ2n) is 10.0. The molecule has 0 radical (unpaired) electrons. The molecule has 5 heteroatoms. The minimum atomic E-state index is -0.0631. The highest BCUT2D eigenvalue weighted by molar-refractivity contribution is 9.10. The highest BCUT2D eigenvalue weighted by atomic mass is 79.9. The number of rotatable bonds is 6. The van der Waals surface area contributed by atoms with Gasteiger partial charge in [-0.15, -0.1) is 0 Å². The summed E-state index contributed by atoms with van der Waals surface area (Å²) in [7, 11) is 2.10. The minimum absolute atomic E-state index is 0.0353. The smallest absolute Gasteiger partial charge is 0.196 e. The van der Waals surface area contributed by atoms with Crippen LogP contribution in [-0.2, 0) is 19.0 Å². The lowest BCUT2D eigenvalue weighted by atomic mass is 9.61. The van der Waals surface area contributed by atoms with Crippen LogP contribution in [0.15, 0.2) is 82.1 Å². The molecule has 0 saturated heterocycles. The van der Waals surface area contributed by atoms with Gasteiger partial charge in [-0.1, -0.05) is 25.1 Å². The van der Waals surface area contributed by atoms with Gasteiger partial charge in [0.1, 0.15) is 7.05 Å². The van der Waals surface area contributed by atoms with E-state index in [1.165, 1.54) is 28.2 Å². The Morgan fingerprint density at radius 2 is 1.57 bits per heavy atom. The maximum Gasteiger partial charge on any atom is 0.277 e. The molecule has 1 unspecified atom stereocenters. The van der Waals surface area contributed by atoms with Crippen LogP contribution in [0, 0.1) is 0 Å². The quantitative estimate of drug-likeness (QED) is 0.274. The molecule has 35 heavy (non-hydrogen) atoms. The average molecular weight is 598 g/mol. The van der Waals surface area contributed by atoms with Crippen LogP contribution in [0.1, 0.15) is 58.6 Å².